The van der Waals surface area contributed by atoms with E-state index in [1.165, 1.54) is 0 Å². The number of aromatic carboxylic acids is 2. The molecule has 0 amide bonds. The fourth-order valence-electron chi connectivity index (χ4n) is 1.16. The van der Waals surface area contributed by atoms with Crippen LogP contribution >= 0.6 is 0 Å². The number of hydrogen-bond acceptors (Lipinski definition) is 2. The van der Waals surface area contributed by atoms with Crippen molar-refractivity contribution < 1.29 is 42.3 Å². The summed E-state index contributed by atoms with van der Waals surface area (Å²) >= 11 is 0. The minimum atomic E-state index is -0.879. The first-order valence-corrected chi connectivity index (χ1v) is 5.18. The fourth-order valence-corrected chi connectivity index (χ4v) is 1.16. The van der Waals surface area contributed by atoms with Gasteiger partial charge in [-0.25, -0.2) is 9.59 Å². The Morgan fingerprint density at radius 3 is 1.05 bits per heavy atom. The van der Waals surface area contributed by atoms with E-state index in [9.17, 15) is 9.59 Å². The van der Waals surface area contributed by atoms with Gasteiger partial charge in [-0.15, -0.1) is 0 Å². The third-order valence-electron chi connectivity index (χ3n) is 2.04. The Balaban J connectivity index is 0. The van der Waals surface area contributed by atoms with Crippen LogP contribution in [0.15, 0.2) is 60.7 Å². The molecule has 0 saturated heterocycles. The van der Waals surface area contributed by atoms with Crippen molar-refractivity contribution in [3.05, 3.63) is 71.8 Å². The van der Waals surface area contributed by atoms with Crippen LogP contribution < -0.4 is 0 Å². The molecule has 0 aliphatic carbocycles. The number of hydrogen-bond donors (Lipinski definition) is 2. The van der Waals surface area contributed by atoms with Gasteiger partial charge < -0.3 is 15.7 Å². The SMILES string of the molecule is O.O=C(O)c1ccccc1.O=C(O)c1ccccc1.[Fe]. The third kappa shape index (κ3) is 7.33. The Morgan fingerprint density at radius 2 is 0.900 bits per heavy atom. The van der Waals surface area contributed by atoms with E-state index >= 15 is 0 Å². The molecule has 0 bridgehead atoms. The average Bonchev–Trinajstić information content (AvgIpc) is 2.41. The number of benzene rings is 2. The molecular weight excluding hydrogens is 304 g/mol. The number of carboxylic acids is 2. The molecule has 4 N–H and O–H groups in total. The Bertz CT molecular complexity index is 464. The van der Waals surface area contributed by atoms with Crippen LogP contribution in [0.5, 0.6) is 0 Å². The summed E-state index contributed by atoms with van der Waals surface area (Å²) in [6, 6.07) is 16.6. The summed E-state index contributed by atoms with van der Waals surface area (Å²) < 4.78 is 0. The first kappa shape index (κ1) is 20.2. The molecule has 2 aromatic carbocycles. The largest absolute Gasteiger partial charge is 0.478 e. The summed E-state index contributed by atoms with van der Waals surface area (Å²) in [7, 11) is 0. The van der Waals surface area contributed by atoms with E-state index in [4.69, 9.17) is 10.2 Å². The molecule has 5 nitrogen and oxygen atoms in total. The number of rotatable bonds is 2. The zero-order chi connectivity index (χ0) is 13.4. The molecule has 0 unspecified atom stereocenters. The molecule has 0 heterocycles. The zero-order valence-electron chi connectivity index (χ0n) is 10.3. The average molecular weight is 318 g/mol. The maximum absolute atomic E-state index is 10.2. The molecule has 0 aliphatic heterocycles. The quantitative estimate of drug-likeness (QED) is 0.825. The summed E-state index contributed by atoms with van der Waals surface area (Å²) in [6.07, 6.45) is 0. The van der Waals surface area contributed by atoms with Crippen molar-refractivity contribution >= 4 is 11.9 Å². The predicted molar refractivity (Wildman–Crippen MR) is 70.4 cm³/mol. The van der Waals surface area contributed by atoms with Crippen molar-refractivity contribution in [1.29, 1.82) is 0 Å². The molecule has 6 heteroatoms. The van der Waals surface area contributed by atoms with E-state index in [-0.39, 0.29) is 22.5 Å². The van der Waals surface area contributed by atoms with Gasteiger partial charge in [0.2, 0.25) is 0 Å². The van der Waals surface area contributed by atoms with Crippen molar-refractivity contribution in [2.24, 2.45) is 0 Å². The second-order valence-electron chi connectivity index (χ2n) is 3.34. The molecule has 0 aliphatic rings. The molecule has 0 aromatic heterocycles. The van der Waals surface area contributed by atoms with E-state index in [2.05, 4.69) is 0 Å². The monoisotopic (exact) mass is 318 g/mol. The molecule has 0 fully saturated rings. The van der Waals surface area contributed by atoms with Gasteiger partial charge in [0.05, 0.1) is 11.1 Å². The molecule has 108 valence electrons. The van der Waals surface area contributed by atoms with Crippen LogP contribution in [-0.2, 0) is 17.1 Å². The summed E-state index contributed by atoms with van der Waals surface area (Å²) in [4.78, 5) is 20.4. The van der Waals surface area contributed by atoms with Crippen LogP contribution in [0.4, 0.5) is 0 Å². The van der Waals surface area contributed by atoms with Crippen molar-refractivity contribution in [1.82, 2.24) is 0 Å². The maximum Gasteiger partial charge on any atom is 0.335 e. The number of carbonyl (C=O) groups is 2. The van der Waals surface area contributed by atoms with Gasteiger partial charge >= 0.3 is 11.9 Å². The third-order valence-corrected chi connectivity index (χ3v) is 2.04. The summed E-state index contributed by atoms with van der Waals surface area (Å²) in [6.45, 7) is 0. The van der Waals surface area contributed by atoms with Crippen LogP contribution in [0, 0.1) is 0 Å². The molecular formula is C14H14FeO5. The molecule has 2 rings (SSSR count). The van der Waals surface area contributed by atoms with Crippen molar-refractivity contribution in [3.8, 4) is 0 Å². The fraction of sp³-hybridized carbons (Fsp3) is 0. The van der Waals surface area contributed by atoms with E-state index < -0.39 is 11.9 Å². The Morgan fingerprint density at radius 1 is 0.650 bits per heavy atom. The Labute approximate surface area is 126 Å². The van der Waals surface area contributed by atoms with Crippen LogP contribution in [0.3, 0.4) is 0 Å². The number of carboxylic acid groups (broad SMARTS) is 2. The van der Waals surface area contributed by atoms with Gasteiger partial charge in [-0.05, 0) is 24.3 Å². The summed E-state index contributed by atoms with van der Waals surface area (Å²) in [5.41, 5.74) is 0.662. The topological polar surface area (TPSA) is 106 Å². The van der Waals surface area contributed by atoms with Crippen LogP contribution in [0.25, 0.3) is 0 Å². The van der Waals surface area contributed by atoms with Gasteiger partial charge in [-0.2, -0.15) is 0 Å². The van der Waals surface area contributed by atoms with Gasteiger partial charge in [0.25, 0.3) is 0 Å². The first-order valence-electron chi connectivity index (χ1n) is 5.18. The standard InChI is InChI=1S/2C7H6O2.Fe.H2O/c2*8-7(9)6-4-2-1-3-5-6;;/h2*1-5H,(H,8,9);;1H2. The molecule has 20 heavy (non-hydrogen) atoms. The second-order valence-corrected chi connectivity index (χ2v) is 3.34. The van der Waals surface area contributed by atoms with Crippen LogP contribution in [0.1, 0.15) is 20.7 Å². The minimum Gasteiger partial charge on any atom is -0.478 e. The van der Waals surface area contributed by atoms with Gasteiger partial charge in [0, 0.05) is 17.1 Å². The van der Waals surface area contributed by atoms with E-state index in [0.717, 1.165) is 0 Å². The van der Waals surface area contributed by atoms with Gasteiger partial charge in [0.1, 0.15) is 0 Å². The van der Waals surface area contributed by atoms with Crippen LogP contribution in [0.2, 0.25) is 0 Å². The summed E-state index contributed by atoms with van der Waals surface area (Å²) in [5.74, 6) is -1.76. The first-order chi connectivity index (χ1) is 8.61. The Kier molecular flexibility index (Phi) is 10.9. The van der Waals surface area contributed by atoms with Crippen molar-refractivity contribution in [2.45, 2.75) is 0 Å². The smallest absolute Gasteiger partial charge is 0.335 e. The van der Waals surface area contributed by atoms with Gasteiger partial charge in [-0.1, -0.05) is 36.4 Å². The van der Waals surface area contributed by atoms with Crippen molar-refractivity contribution in [2.75, 3.05) is 0 Å². The van der Waals surface area contributed by atoms with Gasteiger partial charge in [0.15, 0.2) is 0 Å². The molecule has 0 radical (unpaired) electrons. The molecule has 0 saturated carbocycles. The molecule has 0 atom stereocenters. The second kappa shape index (κ2) is 10.8. The van der Waals surface area contributed by atoms with E-state index in [0.29, 0.717) is 11.1 Å². The summed E-state index contributed by atoms with van der Waals surface area (Å²) in [5, 5.41) is 16.8. The molecule has 2 aromatic rings. The minimum absolute atomic E-state index is 0. The van der Waals surface area contributed by atoms with E-state index in [1.807, 2.05) is 0 Å². The zero-order valence-corrected chi connectivity index (χ0v) is 11.4. The predicted octanol–water partition coefficient (Wildman–Crippen LogP) is 1.94. The maximum atomic E-state index is 10.2. The van der Waals surface area contributed by atoms with Crippen LogP contribution in [-0.4, -0.2) is 27.6 Å². The Hall–Kier alpha value is -2.14. The molecule has 0 spiro atoms. The van der Waals surface area contributed by atoms with E-state index in [1.54, 1.807) is 60.7 Å². The normalized spacial score (nSPS) is 8.00. The van der Waals surface area contributed by atoms with Crippen molar-refractivity contribution in [3.63, 3.8) is 0 Å². The van der Waals surface area contributed by atoms with Gasteiger partial charge in [-0.3, -0.25) is 0 Å².